The molecule has 162 valence electrons. The molecule has 2 heterocycles. The van der Waals surface area contributed by atoms with Crippen molar-refractivity contribution >= 4 is 28.1 Å². The lowest BCUT2D eigenvalue weighted by atomic mass is 9.86. The molecular weight excluding hydrogens is 388 g/mol. The van der Waals surface area contributed by atoms with Crippen molar-refractivity contribution in [2.75, 3.05) is 50.5 Å². The maximum Gasteiger partial charge on any atom is 0.196 e. The Balaban J connectivity index is 1.52. The predicted molar refractivity (Wildman–Crippen MR) is 125 cm³/mol. The lowest BCUT2D eigenvalue weighted by Crippen LogP contribution is -2.41. The summed E-state index contributed by atoms with van der Waals surface area (Å²) in [5.74, 6) is 2.19. The molecule has 2 aliphatic rings. The van der Waals surface area contributed by atoms with Gasteiger partial charge in [-0.3, -0.25) is 4.79 Å². The Kier molecular flexibility index (Phi) is 4.97. The molecule has 1 aromatic heterocycles. The van der Waals surface area contributed by atoms with Gasteiger partial charge in [0, 0.05) is 57.1 Å². The number of aromatic nitrogens is 1. The highest BCUT2D eigenvalue weighted by Gasteiger charge is 2.33. The van der Waals surface area contributed by atoms with Crippen LogP contribution < -0.4 is 10.2 Å². The molecule has 5 rings (SSSR count). The second kappa shape index (κ2) is 7.68. The Bertz CT molecular complexity index is 1140. The van der Waals surface area contributed by atoms with E-state index in [0.29, 0.717) is 16.9 Å². The summed E-state index contributed by atoms with van der Waals surface area (Å²) in [6.07, 6.45) is 1.31. The van der Waals surface area contributed by atoms with Crippen molar-refractivity contribution < 1.29 is 9.32 Å². The van der Waals surface area contributed by atoms with E-state index in [-0.39, 0.29) is 5.78 Å². The first kappa shape index (κ1) is 20.1. The van der Waals surface area contributed by atoms with Gasteiger partial charge in [0.05, 0.1) is 16.6 Å². The topological polar surface area (TPSA) is 61.6 Å². The van der Waals surface area contributed by atoms with Crippen LogP contribution in [0.4, 0.5) is 11.4 Å². The molecule has 1 saturated heterocycles. The minimum Gasteiger partial charge on any atom is -0.383 e. The quantitative estimate of drug-likeness (QED) is 0.515. The Morgan fingerprint density at radius 1 is 1.16 bits per heavy atom. The summed E-state index contributed by atoms with van der Waals surface area (Å²) in [6, 6.07) is 9.67. The van der Waals surface area contributed by atoms with Crippen LogP contribution in [0.2, 0.25) is 0 Å². The van der Waals surface area contributed by atoms with E-state index < -0.39 is 0 Å². The second-order valence-electron chi connectivity index (χ2n) is 9.46. The highest BCUT2D eigenvalue weighted by molar-refractivity contribution is 6.28. The van der Waals surface area contributed by atoms with Crippen LogP contribution in [-0.2, 0) is 0 Å². The molecule has 1 N–H and O–H groups in total. The van der Waals surface area contributed by atoms with Gasteiger partial charge in [-0.1, -0.05) is 43.3 Å². The SMILES string of the molecule is C[C@H]1C[C@H](C)CN(CCNc2cc(N(C)C)c3noc4c3c2C(=O)c2ccccc2-4)C1. The van der Waals surface area contributed by atoms with E-state index >= 15 is 0 Å². The number of nitrogens with one attached hydrogen (secondary N) is 1. The summed E-state index contributed by atoms with van der Waals surface area (Å²) in [7, 11) is 3.98. The molecule has 1 fully saturated rings. The van der Waals surface area contributed by atoms with Gasteiger partial charge in [0.25, 0.3) is 0 Å². The molecule has 1 aliphatic carbocycles. The van der Waals surface area contributed by atoms with Crippen molar-refractivity contribution in [1.82, 2.24) is 10.1 Å². The van der Waals surface area contributed by atoms with Crippen molar-refractivity contribution in [3.8, 4) is 11.3 Å². The summed E-state index contributed by atoms with van der Waals surface area (Å²) >= 11 is 0. The lowest BCUT2D eigenvalue weighted by molar-refractivity contribution is 0.104. The lowest BCUT2D eigenvalue weighted by Gasteiger charge is -2.35. The number of anilines is 2. The Morgan fingerprint density at radius 3 is 2.58 bits per heavy atom. The number of nitrogens with zero attached hydrogens (tertiary/aromatic N) is 3. The predicted octanol–water partition coefficient (Wildman–Crippen LogP) is 4.50. The number of fused-ring (bicyclic) bond motifs is 2. The van der Waals surface area contributed by atoms with E-state index in [1.54, 1.807) is 0 Å². The molecule has 6 nitrogen and oxygen atoms in total. The van der Waals surface area contributed by atoms with Crippen molar-refractivity contribution in [1.29, 1.82) is 0 Å². The number of hydrogen-bond acceptors (Lipinski definition) is 6. The van der Waals surface area contributed by atoms with Crippen LogP contribution >= 0.6 is 0 Å². The number of rotatable bonds is 5. The first-order valence-electron chi connectivity index (χ1n) is 11.2. The number of ketones is 1. The Morgan fingerprint density at radius 2 is 1.87 bits per heavy atom. The van der Waals surface area contributed by atoms with Gasteiger partial charge in [0.2, 0.25) is 0 Å². The third-order valence-electron chi connectivity index (χ3n) is 6.55. The van der Waals surface area contributed by atoms with Gasteiger partial charge in [-0.2, -0.15) is 0 Å². The molecule has 6 heteroatoms. The third kappa shape index (κ3) is 3.39. The van der Waals surface area contributed by atoms with Crippen LogP contribution in [0, 0.1) is 11.8 Å². The van der Waals surface area contributed by atoms with Gasteiger partial charge < -0.3 is 19.6 Å². The van der Waals surface area contributed by atoms with Gasteiger partial charge >= 0.3 is 0 Å². The van der Waals surface area contributed by atoms with Gasteiger partial charge in [0.15, 0.2) is 11.5 Å². The van der Waals surface area contributed by atoms with Crippen molar-refractivity contribution in [2.24, 2.45) is 11.8 Å². The molecule has 0 unspecified atom stereocenters. The van der Waals surface area contributed by atoms with Crippen LogP contribution in [0.1, 0.15) is 36.2 Å². The minimum atomic E-state index is 0.0318. The molecule has 0 radical (unpaired) electrons. The monoisotopic (exact) mass is 418 g/mol. The fourth-order valence-electron chi connectivity index (χ4n) is 5.35. The first-order chi connectivity index (χ1) is 14.9. The zero-order valence-corrected chi connectivity index (χ0v) is 18.7. The normalized spacial score (nSPS) is 20.7. The standard InChI is InChI=1S/C25H30N4O2/c1-15-11-16(2)14-29(13-15)10-9-26-19-12-20(28(3)4)23-22-21(19)24(30)17-7-5-6-8-18(17)25(22)31-27-23/h5-8,12,15-16,26H,9-11,13-14H2,1-4H3/t15-,16-/m0/s1. The first-order valence-corrected chi connectivity index (χ1v) is 11.2. The van der Waals surface area contributed by atoms with Gasteiger partial charge in [-0.15, -0.1) is 0 Å². The maximum atomic E-state index is 13.5. The molecule has 0 spiro atoms. The summed E-state index contributed by atoms with van der Waals surface area (Å²) in [6.45, 7) is 8.71. The maximum absolute atomic E-state index is 13.5. The van der Waals surface area contributed by atoms with E-state index in [1.165, 1.54) is 6.42 Å². The summed E-state index contributed by atoms with van der Waals surface area (Å²) in [4.78, 5) is 18.1. The number of carbonyl (C=O) groups is 1. The number of piperidine rings is 1. The smallest absolute Gasteiger partial charge is 0.196 e. The van der Waals surface area contributed by atoms with Gasteiger partial charge in [-0.05, 0) is 24.3 Å². The highest BCUT2D eigenvalue weighted by Crippen LogP contribution is 2.45. The summed E-state index contributed by atoms with van der Waals surface area (Å²) in [5, 5.41) is 8.75. The molecule has 0 bridgehead atoms. The van der Waals surface area contributed by atoms with Crippen molar-refractivity contribution in [3.05, 3.63) is 41.5 Å². The molecule has 1 aliphatic heterocycles. The molecule has 0 saturated carbocycles. The minimum absolute atomic E-state index is 0.0318. The third-order valence-corrected chi connectivity index (χ3v) is 6.55. The van der Waals surface area contributed by atoms with Crippen LogP contribution in [-0.4, -0.2) is 56.1 Å². The molecular formula is C25H30N4O2. The van der Waals surface area contributed by atoms with Gasteiger partial charge in [-0.25, -0.2) is 0 Å². The molecule has 31 heavy (non-hydrogen) atoms. The van der Waals surface area contributed by atoms with E-state index in [1.807, 2.05) is 49.3 Å². The molecule has 3 aromatic rings. The molecule has 2 atom stereocenters. The van der Waals surface area contributed by atoms with E-state index in [0.717, 1.165) is 65.9 Å². The second-order valence-corrected chi connectivity index (χ2v) is 9.46. The van der Waals surface area contributed by atoms with E-state index in [9.17, 15) is 4.79 Å². The van der Waals surface area contributed by atoms with Crippen LogP contribution in [0.5, 0.6) is 0 Å². The average molecular weight is 419 g/mol. The van der Waals surface area contributed by atoms with Crippen molar-refractivity contribution in [3.63, 3.8) is 0 Å². The van der Waals surface area contributed by atoms with Crippen LogP contribution in [0.3, 0.4) is 0 Å². The molecule has 0 amide bonds. The number of likely N-dealkylation sites (tertiary alicyclic amines) is 1. The van der Waals surface area contributed by atoms with E-state index in [4.69, 9.17) is 4.52 Å². The Labute approximate surface area is 183 Å². The van der Waals surface area contributed by atoms with Crippen LogP contribution in [0.15, 0.2) is 34.9 Å². The Hall–Kier alpha value is -2.86. The fraction of sp³-hybridized carbons (Fsp3) is 0.440. The number of carbonyl (C=O) groups excluding carboxylic acids is 1. The highest BCUT2D eigenvalue weighted by atomic mass is 16.5. The van der Waals surface area contributed by atoms with Crippen LogP contribution in [0.25, 0.3) is 22.2 Å². The number of benzene rings is 2. The summed E-state index contributed by atoms with van der Waals surface area (Å²) in [5.41, 5.74) is 4.72. The van der Waals surface area contributed by atoms with E-state index in [2.05, 4.69) is 29.2 Å². The zero-order valence-electron chi connectivity index (χ0n) is 18.7. The number of hydrogen-bond donors (Lipinski definition) is 1. The largest absolute Gasteiger partial charge is 0.383 e. The van der Waals surface area contributed by atoms with Gasteiger partial charge in [0.1, 0.15) is 5.52 Å². The molecule has 2 aromatic carbocycles. The summed E-state index contributed by atoms with van der Waals surface area (Å²) < 4.78 is 5.78. The fourth-order valence-corrected chi connectivity index (χ4v) is 5.35. The van der Waals surface area contributed by atoms with Crippen molar-refractivity contribution in [2.45, 2.75) is 20.3 Å². The zero-order chi connectivity index (χ0) is 21.7. The average Bonchev–Trinajstić information content (AvgIpc) is 3.16.